The second-order valence-electron chi connectivity index (χ2n) is 13.1. The molecule has 0 aromatic heterocycles. The molecular weight excluding hydrogens is 441 g/mol. The molecule has 1 unspecified atom stereocenters. The number of hydrogen-bond acceptors (Lipinski definition) is 3. The van der Waals surface area contributed by atoms with E-state index in [-0.39, 0.29) is 23.9 Å². The van der Waals surface area contributed by atoms with Gasteiger partial charge in [0.05, 0.1) is 18.3 Å². The van der Waals surface area contributed by atoms with Crippen LogP contribution in [-0.2, 0) is 14.3 Å². The first-order valence-electron chi connectivity index (χ1n) is 13.6. The van der Waals surface area contributed by atoms with Gasteiger partial charge in [-0.2, -0.15) is 13.2 Å². The maximum absolute atomic E-state index is 13.9. The van der Waals surface area contributed by atoms with Crippen molar-refractivity contribution in [3.05, 3.63) is 11.1 Å². The summed E-state index contributed by atoms with van der Waals surface area (Å²) in [6.45, 7) is 9.82. The van der Waals surface area contributed by atoms with Crippen molar-refractivity contribution in [1.29, 1.82) is 0 Å². The third kappa shape index (κ3) is 2.99. The molecule has 6 heteroatoms. The quantitative estimate of drug-likeness (QED) is 0.380. The Bertz CT molecular complexity index is 916. The van der Waals surface area contributed by atoms with Crippen molar-refractivity contribution < 1.29 is 27.4 Å². The fourth-order valence-corrected chi connectivity index (χ4v) is 10.1. The summed E-state index contributed by atoms with van der Waals surface area (Å²) in [6.07, 6.45) is 2.56. The molecule has 6 aliphatic rings. The van der Waals surface area contributed by atoms with E-state index < -0.39 is 28.7 Å². The highest BCUT2D eigenvalue weighted by atomic mass is 19.4. The molecule has 2 saturated heterocycles. The molecule has 6 rings (SSSR count). The standard InChI is InChI=1S/C28H39F3O3/c1-15-7-12-27(33-14-15)16(2)23-22(34-27)13-20-17-5-6-19-24(28(29,30)31)21(32)9-11-25(19,3)18(17)8-10-26(20,23)4/h15-18,20,22-23H,5-14H2,1-4H3/t15-,16+,17-,18+,20+,22-,23?,25-,26+,27-/m1/s1. The van der Waals surface area contributed by atoms with Gasteiger partial charge in [0.15, 0.2) is 11.6 Å². The van der Waals surface area contributed by atoms with Crippen LogP contribution in [0.25, 0.3) is 0 Å². The van der Waals surface area contributed by atoms with Crippen LogP contribution in [0.1, 0.15) is 85.5 Å². The summed E-state index contributed by atoms with van der Waals surface area (Å²) >= 11 is 0. The van der Waals surface area contributed by atoms with E-state index in [1.165, 1.54) is 0 Å². The molecule has 5 fully saturated rings. The third-order valence-electron chi connectivity index (χ3n) is 11.7. The van der Waals surface area contributed by atoms with Crippen molar-refractivity contribution in [2.75, 3.05) is 6.61 Å². The van der Waals surface area contributed by atoms with Gasteiger partial charge < -0.3 is 9.47 Å². The Morgan fingerprint density at radius 3 is 2.41 bits per heavy atom. The molecule has 0 bridgehead atoms. The lowest BCUT2D eigenvalue weighted by atomic mass is 9.45. The molecule has 2 aliphatic heterocycles. The number of halogens is 3. The highest BCUT2D eigenvalue weighted by Crippen LogP contribution is 2.71. The summed E-state index contributed by atoms with van der Waals surface area (Å²) in [7, 11) is 0. The number of ketones is 1. The molecule has 3 nitrogen and oxygen atoms in total. The molecule has 2 heterocycles. The normalized spacial score (nSPS) is 52.9. The van der Waals surface area contributed by atoms with Crippen LogP contribution in [-0.4, -0.2) is 30.5 Å². The third-order valence-corrected chi connectivity index (χ3v) is 11.7. The average molecular weight is 481 g/mol. The molecule has 34 heavy (non-hydrogen) atoms. The molecule has 0 aromatic carbocycles. The Morgan fingerprint density at radius 1 is 0.971 bits per heavy atom. The first kappa shape index (κ1) is 23.5. The summed E-state index contributed by atoms with van der Waals surface area (Å²) in [6, 6.07) is 0. The fourth-order valence-electron chi connectivity index (χ4n) is 10.1. The molecule has 0 radical (unpaired) electrons. The van der Waals surface area contributed by atoms with E-state index in [9.17, 15) is 18.0 Å². The molecule has 0 amide bonds. The van der Waals surface area contributed by atoms with Gasteiger partial charge in [0.2, 0.25) is 0 Å². The Balaban J connectivity index is 1.30. The van der Waals surface area contributed by atoms with E-state index in [1.807, 2.05) is 6.92 Å². The maximum atomic E-state index is 13.9. The number of ether oxygens (including phenoxy) is 2. The van der Waals surface area contributed by atoms with Crippen LogP contribution >= 0.6 is 0 Å². The zero-order chi connectivity index (χ0) is 24.3. The van der Waals surface area contributed by atoms with Crippen molar-refractivity contribution in [2.45, 2.75) is 104 Å². The van der Waals surface area contributed by atoms with Gasteiger partial charge in [-0.15, -0.1) is 0 Å². The topological polar surface area (TPSA) is 35.5 Å². The van der Waals surface area contributed by atoms with Crippen molar-refractivity contribution in [3.63, 3.8) is 0 Å². The molecule has 10 atom stereocenters. The van der Waals surface area contributed by atoms with E-state index in [1.54, 1.807) is 0 Å². The van der Waals surface area contributed by atoms with Crippen LogP contribution in [0.4, 0.5) is 13.2 Å². The molecule has 190 valence electrons. The predicted molar refractivity (Wildman–Crippen MR) is 122 cm³/mol. The van der Waals surface area contributed by atoms with Crippen LogP contribution in [0.15, 0.2) is 11.1 Å². The number of fused-ring (bicyclic) bond motifs is 7. The zero-order valence-electron chi connectivity index (χ0n) is 21.0. The van der Waals surface area contributed by atoms with Gasteiger partial charge in [-0.1, -0.05) is 27.7 Å². The highest BCUT2D eigenvalue weighted by molar-refractivity contribution is 5.98. The predicted octanol–water partition coefficient (Wildman–Crippen LogP) is 6.85. The van der Waals surface area contributed by atoms with Crippen molar-refractivity contribution >= 4 is 5.78 Å². The molecule has 1 spiro atoms. The second-order valence-corrected chi connectivity index (χ2v) is 13.1. The molecular formula is C28H39F3O3. The van der Waals surface area contributed by atoms with Crippen LogP contribution in [0.3, 0.4) is 0 Å². The van der Waals surface area contributed by atoms with E-state index in [0.29, 0.717) is 48.0 Å². The van der Waals surface area contributed by atoms with Gasteiger partial charge in [0.25, 0.3) is 0 Å². The number of alkyl halides is 3. The summed E-state index contributed by atoms with van der Waals surface area (Å²) in [5.41, 5.74) is -0.737. The molecule has 4 aliphatic carbocycles. The van der Waals surface area contributed by atoms with Crippen LogP contribution in [0.2, 0.25) is 0 Å². The fraction of sp³-hybridized carbons (Fsp3) is 0.893. The van der Waals surface area contributed by atoms with Gasteiger partial charge in [0, 0.05) is 18.8 Å². The Hall–Kier alpha value is -0.880. The largest absolute Gasteiger partial charge is 0.419 e. The smallest absolute Gasteiger partial charge is 0.349 e. The first-order chi connectivity index (χ1) is 15.9. The summed E-state index contributed by atoms with van der Waals surface area (Å²) in [5.74, 6) is 1.37. The minimum Gasteiger partial charge on any atom is -0.349 e. The highest BCUT2D eigenvalue weighted by Gasteiger charge is 2.69. The van der Waals surface area contributed by atoms with E-state index in [4.69, 9.17) is 9.47 Å². The molecule has 0 N–H and O–H groups in total. The number of hydrogen-bond donors (Lipinski definition) is 0. The van der Waals surface area contributed by atoms with Crippen LogP contribution in [0, 0.1) is 46.3 Å². The van der Waals surface area contributed by atoms with Crippen molar-refractivity contribution in [3.8, 4) is 0 Å². The lowest BCUT2D eigenvalue weighted by Gasteiger charge is -2.59. The Morgan fingerprint density at radius 2 is 1.74 bits per heavy atom. The average Bonchev–Trinajstić information content (AvgIpc) is 3.20. The lowest BCUT2D eigenvalue weighted by Crippen LogP contribution is -2.53. The number of allylic oxidation sites excluding steroid dienone is 1. The van der Waals surface area contributed by atoms with Gasteiger partial charge in [-0.3, -0.25) is 4.79 Å². The number of carbonyl (C=O) groups excluding carboxylic acids is 1. The molecule has 0 aromatic rings. The van der Waals surface area contributed by atoms with Crippen molar-refractivity contribution in [1.82, 2.24) is 0 Å². The Kier molecular flexibility index (Phi) is 5.07. The SMILES string of the molecule is C[C@@H]1CC[C@@]2(OC1)O[C@@H]1C[C@H]3[C@@H]4CCC5=C(C(F)(F)F)C(=O)CC[C@]5(C)[C@H]4CC[C@]3(C)C1[C@@H]2C. The number of rotatable bonds is 0. The van der Waals surface area contributed by atoms with Gasteiger partial charge >= 0.3 is 6.18 Å². The first-order valence-corrected chi connectivity index (χ1v) is 13.6. The van der Waals surface area contributed by atoms with Crippen molar-refractivity contribution in [2.24, 2.45) is 46.3 Å². The van der Waals surface area contributed by atoms with Gasteiger partial charge in [-0.25, -0.2) is 0 Å². The molecule has 3 saturated carbocycles. The lowest BCUT2D eigenvalue weighted by molar-refractivity contribution is -0.272. The summed E-state index contributed by atoms with van der Waals surface area (Å²) in [4.78, 5) is 12.4. The number of carbonyl (C=O) groups is 1. The maximum Gasteiger partial charge on any atom is 0.419 e. The second kappa shape index (κ2) is 7.34. The van der Waals surface area contributed by atoms with E-state index in [0.717, 1.165) is 45.1 Å². The van der Waals surface area contributed by atoms with E-state index in [2.05, 4.69) is 20.8 Å². The Labute approximate surface area is 201 Å². The van der Waals surface area contributed by atoms with Crippen LogP contribution < -0.4 is 0 Å². The zero-order valence-corrected chi connectivity index (χ0v) is 21.0. The summed E-state index contributed by atoms with van der Waals surface area (Å²) < 4.78 is 55.0. The minimum absolute atomic E-state index is 0.0314. The monoisotopic (exact) mass is 480 g/mol. The van der Waals surface area contributed by atoms with Gasteiger partial charge in [-0.05, 0) is 90.9 Å². The summed E-state index contributed by atoms with van der Waals surface area (Å²) in [5, 5.41) is 0. The minimum atomic E-state index is -4.54. The number of Topliss-reactive ketones (excluding diaryl/α,β-unsaturated/α-hetero) is 1. The van der Waals surface area contributed by atoms with Crippen LogP contribution in [0.5, 0.6) is 0 Å². The van der Waals surface area contributed by atoms with E-state index >= 15 is 0 Å². The van der Waals surface area contributed by atoms with Gasteiger partial charge in [0.1, 0.15) is 0 Å².